The maximum absolute atomic E-state index is 13.7. The first-order valence-electron chi connectivity index (χ1n) is 8.11. The molecule has 0 saturated carbocycles. The number of halogens is 1. The average Bonchev–Trinajstić information content (AvgIpc) is 2.79. The molecule has 126 valence electrons. The first-order chi connectivity index (χ1) is 10.8. The van der Waals surface area contributed by atoms with E-state index in [1.807, 2.05) is 20.8 Å². The molecule has 3 heterocycles. The molecule has 6 heteroatoms. The third-order valence-electron chi connectivity index (χ3n) is 4.80. The molecule has 23 heavy (non-hydrogen) atoms. The van der Waals surface area contributed by atoms with Crippen molar-refractivity contribution in [2.24, 2.45) is 11.7 Å². The number of alkyl halides is 1. The second kappa shape index (κ2) is 5.74. The number of nitrogens with two attached hydrogens (primary N) is 1. The fraction of sp³-hybridized carbons (Fsp3) is 0.647. The van der Waals surface area contributed by atoms with Crippen LogP contribution in [0, 0.1) is 5.92 Å². The third-order valence-corrected chi connectivity index (χ3v) is 4.80. The number of aromatic nitrogens is 1. The molecule has 0 bridgehead atoms. The minimum absolute atomic E-state index is 0.0200. The number of hydrogen-bond donors (Lipinski definition) is 1. The zero-order valence-electron chi connectivity index (χ0n) is 13.9. The molecule has 1 aromatic heterocycles. The van der Waals surface area contributed by atoms with Crippen LogP contribution in [0.4, 0.5) is 4.39 Å². The Bertz CT molecular complexity index is 633. The van der Waals surface area contributed by atoms with E-state index in [0.29, 0.717) is 32.7 Å². The van der Waals surface area contributed by atoms with Gasteiger partial charge in [-0.1, -0.05) is 20.8 Å². The van der Waals surface area contributed by atoms with Crippen LogP contribution in [-0.2, 0) is 12.0 Å². The molecule has 2 aliphatic heterocycles. The van der Waals surface area contributed by atoms with Crippen LogP contribution < -0.4 is 10.5 Å². The molecule has 1 saturated heterocycles. The van der Waals surface area contributed by atoms with Gasteiger partial charge < -0.3 is 10.5 Å². The van der Waals surface area contributed by atoms with Gasteiger partial charge in [-0.2, -0.15) is 0 Å². The largest absolute Gasteiger partial charge is 0.490 e. The van der Waals surface area contributed by atoms with E-state index in [9.17, 15) is 9.18 Å². The lowest BCUT2D eigenvalue weighted by atomic mass is 9.90. The van der Waals surface area contributed by atoms with E-state index >= 15 is 0 Å². The number of pyridine rings is 1. The van der Waals surface area contributed by atoms with Crippen molar-refractivity contribution in [2.75, 3.05) is 19.7 Å². The van der Waals surface area contributed by atoms with Gasteiger partial charge in [0.15, 0.2) is 0 Å². The van der Waals surface area contributed by atoms with Crippen LogP contribution in [0.2, 0.25) is 0 Å². The highest BCUT2D eigenvalue weighted by atomic mass is 19.1. The predicted molar refractivity (Wildman–Crippen MR) is 85.2 cm³/mol. The van der Waals surface area contributed by atoms with Gasteiger partial charge in [0.2, 0.25) is 0 Å². The number of hydrogen-bond acceptors (Lipinski definition) is 4. The molecule has 2 N–H and O–H groups in total. The minimum atomic E-state index is -0.731. The predicted octanol–water partition coefficient (Wildman–Crippen LogP) is 2.03. The molecule has 3 rings (SSSR count). The van der Waals surface area contributed by atoms with Gasteiger partial charge in [-0.3, -0.25) is 9.69 Å². The van der Waals surface area contributed by atoms with E-state index in [0.717, 1.165) is 17.0 Å². The normalized spacial score (nSPS) is 26.6. The Morgan fingerprint density at radius 1 is 1.57 bits per heavy atom. The van der Waals surface area contributed by atoms with Crippen LogP contribution in [0.1, 0.15) is 48.9 Å². The van der Waals surface area contributed by atoms with Crippen LogP contribution in [0.25, 0.3) is 0 Å². The van der Waals surface area contributed by atoms with Gasteiger partial charge >= 0.3 is 0 Å². The van der Waals surface area contributed by atoms with Gasteiger partial charge in [0.05, 0.1) is 12.3 Å². The summed E-state index contributed by atoms with van der Waals surface area (Å²) in [7, 11) is 0. The monoisotopic (exact) mass is 321 g/mol. The Morgan fingerprint density at radius 2 is 2.30 bits per heavy atom. The topological polar surface area (TPSA) is 68.5 Å². The molecule has 0 spiro atoms. The Labute approximate surface area is 136 Å². The van der Waals surface area contributed by atoms with E-state index in [1.54, 1.807) is 6.07 Å². The molecule has 0 aromatic carbocycles. The van der Waals surface area contributed by atoms with Crippen LogP contribution >= 0.6 is 0 Å². The second-order valence-corrected chi connectivity index (χ2v) is 7.40. The number of primary amides is 1. The van der Waals surface area contributed by atoms with Gasteiger partial charge in [0.1, 0.15) is 17.6 Å². The molecule has 0 unspecified atom stereocenters. The lowest BCUT2D eigenvalue weighted by Gasteiger charge is -2.33. The van der Waals surface area contributed by atoms with Crippen molar-refractivity contribution >= 4 is 5.91 Å². The summed E-state index contributed by atoms with van der Waals surface area (Å²) in [5.74, 6) is 0.245. The maximum Gasteiger partial charge on any atom is 0.267 e. The summed E-state index contributed by atoms with van der Waals surface area (Å²) in [6, 6.07) is 1.72. The summed E-state index contributed by atoms with van der Waals surface area (Å²) in [5, 5.41) is 0. The summed E-state index contributed by atoms with van der Waals surface area (Å²) in [6.45, 7) is 8.58. The van der Waals surface area contributed by atoms with E-state index in [-0.39, 0.29) is 17.0 Å². The molecule has 5 nitrogen and oxygen atoms in total. The number of piperidine rings is 1. The van der Waals surface area contributed by atoms with Crippen LogP contribution in [0.15, 0.2) is 6.07 Å². The van der Waals surface area contributed by atoms with Gasteiger partial charge in [-0.25, -0.2) is 9.37 Å². The van der Waals surface area contributed by atoms with Gasteiger partial charge in [0, 0.05) is 36.5 Å². The standard InChI is InChI=1S/C17H24FN3O2/c1-10-7-21(5-4-12(10)18)8-11-6-13(16(19)22)20-15-14(11)23-9-17(15,2)3/h6,10,12H,4-5,7-9H2,1-3H3,(H2,19,22)/t10-,12+/m1/s1. The Hall–Kier alpha value is -1.69. The number of likely N-dealkylation sites (tertiary alicyclic amines) is 1. The first-order valence-corrected chi connectivity index (χ1v) is 8.11. The van der Waals surface area contributed by atoms with E-state index in [2.05, 4.69) is 9.88 Å². The molecule has 2 atom stereocenters. The Morgan fingerprint density at radius 3 is 2.96 bits per heavy atom. The highest BCUT2D eigenvalue weighted by Crippen LogP contribution is 2.40. The molecule has 2 aliphatic rings. The SMILES string of the molecule is C[C@@H]1CN(Cc2cc(C(N)=O)nc3c2OCC3(C)C)CC[C@@H]1F. The number of ether oxygens (including phenoxy) is 1. The quantitative estimate of drug-likeness (QED) is 0.925. The van der Waals surface area contributed by atoms with Crippen LogP contribution in [0.5, 0.6) is 5.75 Å². The molecule has 0 radical (unpaired) electrons. The zero-order valence-corrected chi connectivity index (χ0v) is 13.9. The highest BCUT2D eigenvalue weighted by molar-refractivity contribution is 5.91. The number of rotatable bonds is 3. The number of fused-ring (bicyclic) bond motifs is 1. The Balaban J connectivity index is 1.91. The molecule has 1 aromatic rings. The van der Waals surface area contributed by atoms with Gasteiger partial charge in [-0.15, -0.1) is 0 Å². The summed E-state index contributed by atoms with van der Waals surface area (Å²) in [5.41, 5.74) is 7.17. The van der Waals surface area contributed by atoms with Crippen molar-refractivity contribution in [2.45, 2.75) is 45.3 Å². The van der Waals surface area contributed by atoms with Crippen molar-refractivity contribution in [1.29, 1.82) is 0 Å². The summed E-state index contributed by atoms with van der Waals surface area (Å²) in [4.78, 5) is 18.2. The molecular weight excluding hydrogens is 297 g/mol. The number of nitrogens with zero attached hydrogens (tertiary/aromatic N) is 2. The number of amides is 1. The van der Waals surface area contributed by atoms with Crippen molar-refractivity contribution in [3.8, 4) is 5.75 Å². The molecule has 1 fully saturated rings. The number of carbonyl (C=O) groups excluding carboxylic acids is 1. The summed E-state index contributed by atoms with van der Waals surface area (Å²) >= 11 is 0. The van der Waals surface area contributed by atoms with Crippen LogP contribution in [-0.4, -0.2) is 41.7 Å². The second-order valence-electron chi connectivity index (χ2n) is 7.40. The van der Waals surface area contributed by atoms with Crippen LogP contribution in [0.3, 0.4) is 0 Å². The Kier molecular flexibility index (Phi) is 4.04. The van der Waals surface area contributed by atoms with Gasteiger partial charge in [0.25, 0.3) is 5.91 Å². The van der Waals surface area contributed by atoms with Crippen molar-refractivity contribution in [3.63, 3.8) is 0 Å². The van der Waals surface area contributed by atoms with Crippen molar-refractivity contribution < 1.29 is 13.9 Å². The lowest BCUT2D eigenvalue weighted by molar-refractivity contribution is 0.0919. The van der Waals surface area contributed by atoms with Gasteiger partial charge in [-0.05, 0) is 12.5 Å². The zero-order chi connectivity index (χ0) is 16.8. The summed E-state index contributed by atoms with van der Waals surface area (Å²) in [6.07, 6.45) is -0.186. The highest BCUT2D eigenvalue weighted by Gasteiger charge is 2.37. The fourth-order valence-electron chi connectivity index (χ4n) is 3.36. The third kappa shape index (κ3) is 3.04. The average molecular weight is 321 g/mol. The smallest absolute Gasteiger partial charge is 0.267 e. The minimum Gasteiger partial charge on any atom is -0.490 e. The van der Waals surface area contributed by atoms with E-state index < -0.39 is 12.1 Å². The number of carbonyl (C=O) groups is 1. The molecular formula is C17H24FN3O2. The first kappa shape index (κ1) is 16.2. The molecule has 1 amide bonds. The summed E-state index contributed by atoms with van der Waals surface area (Å²) < 4.78 is 19.5. The van der Waals surface area contributed by atoms with E-state index in [4.69, 9.17) is 10.5 Å². The van der Waals surface area contributed by atoms with E-state index in [1.165, 1.54) is 0 Å². The molecule has 0 aliphatic carbocycles. The fourth-order valence-corrected chi connectivity index (χ4v) is 3.36. The lowest BCUT2D eigenvalue weighted by Crippen LogP contribution is -2.39. The van der Waals surface area contributed by atoms with Crippen molar-refractivity contribution in [3.05, 3.63) is 23.0 Å². The van der Waals surface area contributed by atoms with Crippen molar-refractivity contribution in [1.82, 2.24) is 9.88 Å². The maximum atomic E-state index is 13.7.